The third kappa shape index (κ3) is 3.12. The fraction of sp³-hybridized carbons (Fsp3) is 0.125. The van der Waals surface area contributed by atoms with Gasteiger partial charge in [0.05, 0.1) is 5.71 Å². The smallest absolute Gasteiger partial charge is 0.271 e. The number of fused-ring (bicyclic) bond motifs is 1. The Morgan fingerprint density at radius 1 is 1.27 bits per heavy atom. The van der Waals surface area contributed by atoms with E-state index in [2.05, 4.69) is 10.5 Å². The van der Waals surface area contributed by atoms with Crippen LogP contribution in [0.5, 0.6) is 5.75 Å². The van der Waals surface area contributed by atoms with Gasteiger partial charge in [-0.05, 0) is 36.4 Å². The van der Waals surface area contributed by atoms with Gasteiger partial charge in [0.15, 0.2) is 0 Å². The summed E-state index contributed by atoms with van der Waals surface area (Å²) >= 11 is 1.64. The quantitative estimate of drug-likeness (QED) is 0.837. The fourth-order valence-electron chi connectivity index (χ4n) is 2.19. The second kappa shape index (κ2) is 6.19. The summed E-state index contributed by atoms with van der Waals surface area (Å²) in [5.74, 6) is 0.106. The van der Waals surface area contributed by atoms with Crippen LogP contribution in [0.1, 0.15) is 22.3 Å². The molecular formula is C16H13FN2O2S. The van der Waals surface area contributed by atoms with Crippen LogP contribution in [-0.4, -0.2) is 22.5 Å². The van der Waals surface area contributed by atoms with Gasteiger partial charge in [-0.15, -0.1) is 11.8 Å². The summed E-state index contributed by atoms with van der Waals surface area (Å²) in [7, 11) is 0. The number of carbonyl (C=O) groups excluding carboxylic acids is 1. The summed E-state index contributed by atoms with van der Waals surface area (Å²) in [6.07, 6.45) is 0.654. The number of aromatic hydroxyl groups is 1. The Morgan fingerprint density at radius 3 is 2.95 bits per heavy atom. The number of phenolic OH excluding ortho intramolecular Hbond substituents is 1. The maximum Gasteiger partial charge on any atom is 0.271 e. The van der Waals surface area contributed by atoms with Gasteiger partial charge in [0.1, 0.15) is 11.6 Å². The molecule has 1 heterocycles. The molecule has 2 aromatic carbocycles. The second-order valence-electron chi connectivity index (χ2n) is 4.79. The van der Waals surface area contributed by atoms with E-state index in [0.29, 0.717) is 23.3 Å². The average molecular weight is 316 g/mol. The lowest BCUT2D eigenvalue weighted by Gasteiger charge is -2.17. The molecule has 2 aromatic rings. The highest BCUT2D eigenvalue weighted by Gasteiger charge is 2.17. The highest BCUT2D eigenvalue weighted by Crippen LogP contribution is 2.30. The predicted molar refractivity (Wildman–Crippen MR) is 83.9 cm³/mol. The van der Waals surface area contributed by atoms with Crippen molar-refractivity contribution >= 4 is 23.4 Å². The molecular weight excluding hydrogens is 303 g/mol. The first-order valence-electron chi connectivity index (χ1n) is 6.72. The number of halogens is 1. The zero-order chi connectivity index (χ0) is 15.5. The van der Waals surface area contributed by atoms with Crippen LogP contribution in [0, 0.1) is 5.82 Å². The maximum atomic E-state index is 13.4. The molecule has 0 saturated carbocycles. The van der Waals surface area contributed by atoms with Gasteiger partial charge in [0, 0.05) is 28.2 Å². The molecule has 0 spiro atoms. The van der Waals surface area contributed by atoms with E-state index in [-0.39, 0.29) is 11.6 Å². The first kappa shape index (κ1) is 14.6. The molecule has 22 heavy (non-hydrogen) atoms. The normalized spacial score (nSPS) is 15.4. The zero-order valence-corrected chi connectivity index (χ0v) is 12.4. The Bertz CT molecular complexity index is 762. The number of nitrogens with one attached hydrogen (secondary N) is 1. The topological polar surface area (TPSA) is 61.7 Å². The molecule has 3 rings (SSSR count). The van der Waals surface area contributed by atoms with Gasteiger partial charge < -0.3 is 5.11 Å². The number of phenols is 1. The van der Waals surface area contributed by atoms with Gasteiger partial charge in [-0.2, -0.15) is 5.10 Å². The molecule has 1 aliphatic heterocycles. The lowest BCUT2D eigenvalue weighted by Crippen LogP contribution is -2.21. The van der Waals surface area contributed by atoms with Crippen LogP contribution in [-0.2, 0) is 0 Å². The van der Waals surface area contributed by atoms with Crippen molar-refractivity contribution in [1.29, 1.82) is 0 Å². The maximum absolute atomic E-state index is 13.4. The minimum absolute atomic E-state index is 0.0155. The van der Waals surface area contributed by atoms with Gasteiger partial charge in [-0.3, -0.25) is 4.79 Å². The number of thioether (sulfide) groups is 1. The molecule has 0 aromatic heterocycles. The largest absolute Gasteiger partial charge is 0.508 e. The standard InChI is InChI=1S/C16H13FN2O2S/c17-11-4-5-15-13(9-11)14(6-7-22-15)18-19-16(21)10-2-1-3-12(20)8-10/h1-5,8-9,20H,6-7H2,(H,19,21)/b18-14-. The fourth-order valence-corrected chi connectivity index (χ4v) is 3.20. The van der Waals surface area contributed by atoms with Crippen molar-refractivity contribution in [3.8, 4) is 5.75 Å². The number of amides is 1. The van der Waals surface area contributed by atoms with Gasteiger partial charge in [0.25, 0.3) is 5.91 Å². The lowest BCUT2D eigenvalue weighted by atomic mass is 10.1. The first-order valence-corrected chi connectivity index (χ1v) is 7.71. The van der Waals surface area contributed by atoms with Crippen LogP contribution in [0.15, 0.2) is 52.5 Å². The van der Waals surface area contributed by atoms with Crippen molar-refractivity contribution < 1.29 is 14.3 Å². The van der Waals surface area contributed by atoms with Crippen LogP contribution >= 0.6 is 11.8 Å². The summed E-state index contributed by atoms with van der Waals surface area (Å²) in [6, 6.07) is 10.6. The summed E-state index contributed by atoms with van der Waals surface area (Å²) in [5.41, 5.74) is 4.15. The molecule has 1 amide bonds. The van der Waals surface area contributed by atoms with E-state index in [9.17, 15) is 14.3 Å². The number of benzene rings is 2. The van der Waals surface area contributed by atoms with Crippen LogP contribution in [0.4, 0.5) is 4.39 Å². The number of hydrazone groups is 1. The Balaban J connectivity index is 1.82. The minimum Gasteiger partial charge on any atom is -0.508 e. The molecule has 4 nitrogen and oxygen atoms in total. The average Bonchev–Trinajstić information content (AvgIpc) is 2.52. The van der Waals surface area contributed by atoms with Crippen molar-refractivity contribution in [1.82, 2.24) is 5.43 Å². The number of carbonyl (C=O) groups is 1. The van der Waals surface area contributed by atoms with Crippen LogP contribution in [0.2, 0.25) is 0 Å². The van der Waals surface area contributed by atoms with E-state index in [0.717, 1.165) is 10.6 Å². The van der Waals surface area contributed by atoms with Crippen molar-refractivity contribution in [2.75, 3.05) is 5.75 Å². The van der Waals surface area contributed by atoms with Gasteiger partial charge in [-0.1, -0.05) is 6.07 Å². The highest BCUT2D eigenvalue weighted by atomic mass is 32.2. The Hall–Kier alpha value is -2.34. The van der Waals surface area contributed by atoms with Crippen molar-refractivity contribution in [3.05, 3.63) is 59.4 Å². The summed E-state index contributed by atoms with van der Waals surface area (Å²) in [6.45, 7) is 0. The van der Waals surface area contributed by atoms with E-state index in [1.165, 1.54) is 24.3 Å². The molecule has 0 atom stereocenters. The van der Waals surface area contributed by atoms with Crippen LogP contribution < -0.4 is 5.43 Å². The van der Waals surface area contributed by atoms with Crippen molar-refractivity contribution in [3.63, 3.8) is 0 Å². The summed E-state index contributed by atoms with van der Waals surface area (Å²) in [5, 5.41) is 13.5. The Kier molecular flexibility index (Phi) is 4.11. The SMILES string of the molecule is O=C(N/N=C1/CCSc2ccc(F)cc21)c1cccc(O)c1. The second-order valence-corrected chi connectivity index (χ2v) is 5.93. The molecule has 0 aliphatic carbocycles. The summed E-state index contributed by atoms with van der Waals surface area (Å²) < 4.78 is 13.4. The third-order valence-electron chi connectivity index (χ3n) is 3.25. The van der Waals surface area contributed by atoms with Gasteiger partial charge >= 0.3 is 0 Å². The number of hydrogen-bond donors (Lipinski definition) is 2. The molecule has 6 heteroatoms. The predicted octanol–water partition coefficient (Wildman–Crippen LogP) is 3.16. The van der Waals surface area contributed by atoms with Gasteiger partial charge in [-0.25, -0.2) is 9.82 Å². The molecule has 2 N–H and O–H groups in total. The van der Waals surface area contributed by atoms with Crippen LogP contribution in [0.25, 0.3) is 0 Å². The van der Waals surface area contributed by atoms with E-state index < -0.39 is 5.91 Å². The molecule has 0 fully saturated rings. The van der Waals surface area contributed by atoms with Gasteiger partial charge in [0.2, 0.25) is 0 Å². The molecule has 0 saturated heterocycles. The van der Waals surface area contributed by atoms with Crippen molar-refractivity contribution in [2.45, 2.75) is 11.3 Å². The molecule has 112 valence electrons. The van der Waals surface area contributed by atoms with E-state index in [1.807, 2.05) is 0 Å². The monoisotopic (exact) mass is 316 g/mol. The zero-order valence-electron chi connectivity index (χ0n) is 11.5. The molecule has 0 unspecified atom stereocenters. The Morgan fingerprint density at radius 2 is 2.14 bits per heavy atom. The third-order valence-corrected chi connectivity index (χ3v) is 4.32. The van der Waals surface area contributed by atoms with E-state index in [1.54, 1.807) is 30.0 Å². The highest BCUT2D eigenvalue weighted by molar-refractivity contribution is 7.99. The minimum atomic E-state index is -0.417. The molecule has 0 radical (unpaired) electrons. The molecule has 1 aliphatic rings. The lowest BCUT2D eigenvalue weighted by molar-refractivity contribution is 0.0954. The summed E-state index contributed by atoms with van der Waals surface area (Å²) in [4.78, 5) is 13.0. The Labute approximate surface area is 131 Å². The van der Waals surface area contributed by atoms with E-state index >= 15 is 0 Å². The van der Waals surface area contributed by atoms with Crippen molar-refractivity contribution in [2.24, 2.45) is 5.10 Å². The molecule has 0 bridgehead atoms. The first-order chi connectivity index (χ1) is 10.6. The van der Waals surface area contributed by atoms with E-state index in [4.69, 9.17) is 0 Å². The van der Waals surface area contributed by atoms with Crippen LogP contribution in [0.3, 0.4) is 0 Å². The number of rotatable bonds is 2. The number of hydrogen-bond acceptors (Lipinski definition) is 4. The number of nitrogens with zero attached hydrogens (tertiary/aromatic N) is 1.